The predicted octanol–water partition coefficient (Wildman–Crippen LogP) is 5.38. The van der Waals surface area contributed by atoms with Gasteiger partial charge in [-0.25, -0.2) is 4.98 Å². The van der Waals surface area contributed by atoms with Crippen LogP contribution < -0.4 is 5.32 Å². The molecule has 0 atom stereocenters. The molecule has 0 saturated heterocycles. The highest BCUT2D eigenvalue weighted by Gasteiger charge is 2.33. The summed E-state index contributed by atoms with van der Waals surface area (Å²) in [6.07, 6.45) is -1.18. The first kappa shape index (κ1) is 19.5. The molecule has 3 aromatic rings. The number of aromatic nitrogens is 2. The molecule has 0 aliphatic rings. The summed E-state index contributed by atoms with van der Waals surface area (Å²) >= 11 is 4.51. The minimum Gasteiger partial charge on any atom is -0.325 e. The van der Waals surface area contributed by atoms with Crippen molar-refractivity contribution >= 4 is 39.3 Å². The zero-order valence-corrected chi connectivity index (χ0v) is 16.1. The molecular formula is C18H13BrF3N3OS. The quantitative estimate of drug-likeness (QED) is 0.525. The Bertz CT molecular complexity index is 942. The lowest BCUT2D eigenvalue weighted by Crippen LogP contribution is -2.18. The van der Waals surface area contributed by atoms with Gasteiger partial charge in [0.25, 0.3) is 0 Å². The molecule has 0 aliphatic carbocycles. The number of amides is 1. The number of alkyl halides is 3. The molecule has 4 nitrogen and oxygen atoms in total. The number of anilines is 1. The van der Waals surface area contributed by atoms with Crippen molar-refractivity contribution in [3.8, 4) is 5.69 Å². The van der Waals surface area contributed by atoms with Gasteiger partial charge in [-0.2, -0.15) is 13.2 Å². The Labute approximate surface area is 165 Å². The van der Waals surface area contributed by atoms with Gasteiger partial charge in [0.05, 0.1) is 17.0 Å². The van der Waals surface area contributed by atoms with Gasteiger partial charge in [-0.1, -0.05) is 39.8 Å². The maximum absolute atomic E-state index is 13.0. The van der Waals surface area contributed by atoms with Gasteiger partial charge in [-0.3, -0.25) is 9.36 Å². The fraction of sp³-hybridized carbons (Fsp3) is 0.111. The van der Waals surface area contributed by atoms with Gasteiger partial charge in [0.2, 0.25) is 5.91 Å². The molecular weight excluding hydrogens is 443 g/mol. The summed E-state index contributed by atoms with van der Waals surface area (Å²) in [7, 11) is 0. The Morgan fingerprint density at radius 3 is 2.56 bits per heavy atom. The number of nitrogens with zero attached hydrogens (tertiary/aromatic N) is 2. The van der Waals surface area contributed by atoms with Crippen LogP contribution in [0.5, 0.6) is 0 Å². The fourth-order valence-electron chi connectivity index (χ4n) is 2.35. The van der Waals surface area contributed by atoms with E-state index < -0.39 is 17.6 Å². The maximum atomic E-state index is 13.0. The smallest absolute Gasteiger partial charge is 0.325 e. The first-order chi connectivity index (χ1) is 12.8. The number of imidazole rings is 1. The Morgan fingerprint density at radius 1 is 1.15 bits per heavy atom. The zero-order chi connectivity index (χ0) is 19.4. The van der Waals surface area contributed by atoms with Crippen LogP contribution in [0.15, 0.2) is 70.6 Å². The van der Waals surface area contributed by atoms with Crippen LogP contribution in [0.25, 0.3) is 5.69 Å². The third-order valence-electron chi connectivity index (χ3n) is 3.55. The molecule has 0 bridgehead atoms. The number of rotatable bonds is 5. The summed E-state index contributed by atoms with van der Waals surface area (Å²) in [5, 5.41) is 2.89. The van der Waals surface area contributed by atoms with E-state index in [9.17, 15) is 18.0 Å². The number of carbonyl (C=O) groups is 1. The van der Waals surface area contributed by atoms with Crippen LogP contribution in [0.1, 0.15) is 5.56 Å². The molecule has 2 aromatic carbocycles. The summed E-state index contributed by atoms with van der Waals surface area (Å²) in [4.78, 5) is 16.3. The lowest BCUT2D eigenvalue weighted by molar-refractivity contribution is -0.137. The lowest BCUT2D eigenvalue weighted by atomic mass is 10.1. The van der Waals surface area contributed by atoms with E-state index in [2.05, 4.69) is 26.2 Å². The van der Waals surface area contributed by atoms with E-state index in [0.717, 1.165) is 28.0 Å². The average Bonchev–Trinajstić information content (AvgIpc) is 3.09. The minimum atomic E-state index is -4.53. The number of thioether (sulfide) groups is 1. The van der Waals surface area contributed by atoms with Gasteiger partial charge < -0.3 is 5.32 Å². The van der Waals surface area contributed by atoms with Crippen molar-refractivity contribution in [2.24, 2.45) is 0 Å². The molecule has 0 spiro atoms. The summed E-state index contributed by atoms with van der Waals surface area (Å²) in [5.41, 5.74) is -0.271. The third-order valence-corrected chi connectivity index (χ3v) is 5.05. The minimum absolute atomic E-state index is 0.0697. The summed E-state index contributed by atoms with van der Waals surface area (Å²) < 4.78 is 41.7. The second-order valence-electron chi connectivity index (χ2n) is 5.44. The van der Waals surface area contributed by atoms with Gasteiger partial charge in [-0.15, -0.1) is 0 Å². The number of para-hydroxylation sites is 1. The highest BCUT2D eigenvalue weighted by molar-refractivity contribution is 9.10. The Balaban J connectivity index is 1.68. The highest BCUT2D eigenvalue weighted by Crippen LogP contribution is 2.34. The van der Waals surface area contributed by atoms with Crippen LogP contribution >= 0.6 is 27.7 Å². The molecule has 1 amide bonds. The van der Waals surface area contributed by atoms with Gasteiger partial charge in [0.1, 0.15) is 0 Å². The van der Waals surface area contributed by atoms with Crippen LogP contribution in [0.3, 0.4) is 0 Å². The normalized spacial score (nSPS) is 11.4. The average molecular weight is 456 g/mol. The van der Waals surface area contributed by atoms with Crippen molar-refractivity contribution in [1.82, 2.24) is 9.55 Å². The topological polar surface area (TPSA) is 46.9 Å². The number of hydrogen-bond donors (Lipinski definition) is 1. The summed E-state index contributed by atoms with van der Waals surface area (Å²) in [6.45, 7) is 0. The number of nitrogens with one attached hydrogen (secondary N) is 1. The largest absolute Gasteiger partial charge is 0.418 e. The molecule has 1 N–H and O–H groups in total. The number of benzene rings is 2. The van der Waals surface area contributed by atoms with Gasteiger partial charge >= 0.3 is 6.18 Å². The molecule has 140 valence electrons. The van der Waals surface area contributed by atoms with E-state index >= 15 is 0 Å². The predicted molar refractivity (Wildman–Crippen MR) is 102 cm³/mol. The van der Waals surface area contributed by atoms with Crippen molar-refractivity contribution in [2.45, 2.75) is 11.3 Å². The first-order valence-corrected chi connectivity index (χ1v) is 9.50. The van der Waals surface area contributed by atoms with E-state index in [1.165, 1.54) is 18.2 Å². The van der Waals surface area contributed by atoms with Crippen LogP contribution in [-0.2, 0) is 11.0 Å². The highest BCUT2D eigenvalue weighted by atomic mass is 79.9. The molecule has 0 saturated carbocycles. The molecule has 9 heteroatoms. The molecule has 3 rings (SSSR count). The standard InChI is InChI=1S/C18H13BrF3N3OS/c19-12-5-7-13(8-6-12)25-10-9-23-17(25)27-11-16(26)24-15-4-2-1-3-14(15)18(20,21)22/h1-10H,11H2,(H,24,26). The van der Waals surface area contributed by atoms with E-state index in [1.54, 1.807) is 17.0 Å². The van der Waals surface area contributed by atoms with E-state index in [4.69, 9.17) is 0 Å². The first-order valence-electron chi connectivity index (χ1n) is 7.73. The molecule has 27 heavy (non-hydrogen) atoms. The second-order valence-corrected chi connectivity index (χ2v) is 7.29. The fourth-order valence-corrected chi connectivity index (χ4v) is 3.39. The van der Waals surface area contributed by atoms with Crippen LogP contribution in [0, 0.1) is 0 Å². The maximum Gasteiger partial charge on any atom is 0.418 e. The summed E-state index contributed by atoms with van der Waals surface area (Å²) in [5.74, 6) is -0.609. The number of hydrogen-bond acceptors (Lipinski definition) is 3. The van der Waals surface area contributed by atoms with Crippen LogP contribution in [0.4, 0.5) is 18.9 Å². The van der Waals surface area contributed by atoms with E-state index in [1.807, 2.05) is 24.3 Å². The van der Waals surface area contributed by atoms with Crippen LogP contribution in [-0.4, -0.2) is 21.2 Å². The van der Waals surface area contributed by atoms with E-state index in [0.29, 0.717) is 5.16 Å². The van der Waals surface area contributed by atoms with Gasteiger partial charge in [-0.05, 0) is 36.4 Å². The SMILES string of the molecule is O=C(CSc1nccn1-c1ccc(Br)cc1)Nc1ccccc1C(F)(F)F. The molecule has 0 unspecified atom stereocenters. The number of halogens is 4. The van der Waals surface area contributed by atoms with Crippen LogP contribution in [0.2, 0.25) is 0 Å². The molecule has 1 heterocycles. The molecule has 0 radical (unpaired) electrons. The van der Waals surface area contributed by atoms with Crippen molar-refractivity contribution in [3.05, 3.63) is 71.0 Å². The second kappa shape index (κ2) is 8.18. The third kappa shape index (κ3) is 4.92. The van der Waals surface area contributed by atoms with E-state index in [-0.39, 0.29) is 11.4 Å². The van der Waals surface area contributed by atoms with Crippen molar-refractivity contribution in [3.63, 3.8) is 0 Å². The molecule has 1 aromatic heterocycles. The lowest BCUT2D eigenvalue weighted by Gasteiger charge is -2.13. The molecule has 0 aliphatic heterocycles. The Kier molecular flexibility index (Phi) is 5.91. The Hall–Kier alpha value is -2.26. The van der Waals surface area contributed by atoms with Crippen molar-refractivity contribution in [1.29, 1.82) is 0 Å². The Morgan fingerprint density at radius 2 is 1.85 bits per heavy atom. The van der Waals surface area contributed by atoms with Crippen molar-refractivity contribution < 1.29 is 18.0 Å². The molecule has 0 fully saturated rings. The van der Waals surface area contributed by atoms with Gasteiger partial charge in [0, 0.05) is 22.6 Å². The zero-order valence-electron chi connectivity index (χ0n) is 13.7. The van der Waals surface area contributed by atoms with Crippen molar-refractivity contribution in [2.75, 3.05) is 11.1 Å². The monoisotopic (exact) mass is 455 g/mol. The van der Waals surface area contributed by atoms with Gasteiger partial charge in [0.15, 0.2) is 5.16 Å². The number of carbonyl (C=O) groups excluding carboxylic acids is 1. The summed E-state index contributed by atoms with van der Waals surface area (Å²) in [6, 6.07) is 12.4.